The Bertz CT molecular complexity index is 1010. The normalized spacial score (nSPS) is 15.0. The van der Waals surface area contributed by atoms with Crippen molar-refractivity contribution >= 4 is 17.5 Å². The van der Waals surface area contributed by atoms with Crippen LogP contribution in [0.4, 0.5) is 32.0 Å². The number of carbonyl (C=O) groups excluding carboxylic acids is 2. The van der Waals surface area contributed by atoms with Crippen LogP contribution in [-0.2, 0) is 21.9 Å². The highest BCUT2D eigenvalue weighted by atomic mass is 19.4. The Labute approximate surface area is 160 Å². The molecule has 2 amide bonds. The molecule has 0 unspecified atom stereocenters. The maximum absolute atomic E-state index is 13.2. The number of alkyl halides is 6. The summed E-state index contributed by atoms with van der Waals surface area (Å²) in [4.78, 5) is 24.6. The standard InChI is InChI=1S/C19H11F6NO3/c1-10-6-16(27)26(17(10)28)13-7-12(19(23,24)25)8-15(9-13)29-14-4-2-11(3-5-14)18(20,21)22/h2-9H,1H3. The van der Waals surface area contributed by atoms with Gasteiger partial charge in [-0.15, -0.1) is 0 Å². The summed E-state index contributed by atoms with van der Waals surface area (Å²) in [6.07, 6.45) is -8.41. The van der Waals surface area contributed by atoms with E-state index >= 15 is 0 Å². The Balaban J connectivity index is 1.99. The molecular weight excluding hydrogens is 404 g/mol. The number of hydrogen-bond acceptors (Lipinski definition) is 3. The minimum atomic E-state index is -4.82. The minimum Gasteiger partial charge on any atom is -0.457 e. The Kier molecular flexibility index (Phi) is 4.89. The Morgan fingerprint density at radius 1 is 0.793 bits per heavy atom. The zero-order valence-corrected chi connectivity index (χ0v) is 14.6. The van der Waals surface area contributed by atoms with Crippen LogP contribution >= 0.6 is 0 Å². The van der Waals surface area contributed by atoms with Crippen molar-refractivity contribution in [2.75, 3.05) is 4.90 Å². The van der Waals surface area contributed by atoms with Gasteiger partial charge in [0, 0.05) is 17.7 Å². The van der Waals surface area contributed by atoms with E-state index in [4.69, 9.17) is 4.74 Å². The molecule has 2 aromatic carbocycles. The van der Waals surface area contributed by atoms with Gasteiger partial charge in [0.25, 0.3) is 11.8 Å². The Hall–Kier alpha value is -3.30. The molecule has 1 aliphatic rings. The molecular formula is C19H11F6NO3. The number of hydrogen-bond donors (Lipinski definition) is 0. The summed E-state index contributed by atoms with van der Waals surface area (Å²) in [5, 5.41) is 0. The molecule has 0 saturated carbocycles. The monoisotopic (exact) mass is 415 g/mol. The van der Waals surface area contributed by atoms with E-state index in [1.807, 2.05) is 0 Å². The number of ether oxygens (including phenoxy) is 1. The third-order valence-corrected chi connectivity index (χ3v) is 3.99. The molecule has 0 radical (unpaired) electrons. The number of halogens is 6. The van der Waals surface area contributed by atoms with E-state index in [0.717, 1.165) is 24.3 Å². The third-order valence-electron chi connectivity index (χ3n) is 3.99. The zero-order chi connectivity index (χ0) is 21.6. The molecule has 3 rings (SSSR count). The second-order valence-corrected chi connectivity index (χ2v) is 6.14. The first-order valence-corrected chi connectivity index (χ1v) is 8.00. The van der Waals surface area contributed by atoms with Gasteiger partial charge in [-0.05, 0) is 43.3 Å². The first-order chi connectivity index (χ1) is 13.4. The Morgan fingerprint density at radius 3 is 1.86 bits per heavy atom. The number of rotatable bonds is 3. The highest BCUT2D eigenvalue weighted by Gasteiger charge is 2.35. The summed E-state index contributed by atoms with van der Waals surface area (Å²) in [5.41, 5.74) is -2.46. The van der Waals surface area contributed by atoms with Crippen molar-refractivity contribution in [3.63, 3.8) is 0 Å². The van der Waals surface area contributed by atoms with Crippen LogP contribution in [0.25, 0.3) is 0 Å². The van der Waals surface area contributed by atoms with Crippen LogP contribution in [0.2, 0.25) is 0 Å². The summed E-state index contributed by atoms with van der Waals surface area (Å²) in [6.45, 7) is 1.34. The van der Waals surface area contributed by atoms with Gasteiger partial charge in [0.1, 0.15) is 11.5 Å². The van der Waals surface area contributed by atoms with Crippen molar-refractivity contribution in [3.8, 4) is 11.5 Å². The summed E-state index contributed by atoms with van der Waals surface area (Å²) in [6, 6.07) is 5.57. The molecule has 0 aromatic heterocycles. The van der Waals surface area contributed by atoms with Crippen LogP contribution in [0.15, 0.2) is 54.1 Å². The van der Waals surface area contributed by atoms with Gasteiger partial charge in [-0.25, -0.2) is 4.90 Å². The molecule has 0 saturated heterocycles. The van der Waals surface area contributed by atoms with Crippen molar-refractivity contribution < 1.29 is 40.7 Å². The number of imide groups is 1. The van der Waals surface area contributed by atoms with Crippen LogP contribution < -0.4 is 9.64 Å². The average molecular weight is 415 g/mol. The molecule has 4 nitrogen and oxygen atoms in total. The molecule has 0 fully saturated rings. The summed E-state index contributed by atoms with van der Waals surface area (Å²) < 4.78 is 82.8. The molecule has 0 bridgehead atoms. The van der Waals surface area contributed by atoms with Crippen molar-refractivity contribution in [2.24, 2.45) is 0 Å². The smallest absolute Gasteiger partial charge is 0.416 e. The maximum Gasteiger partial charge on any atom is 0.416 e. The first kappa shape index (κ1) is 20.4. The highest BCUT2D eigenvalue weighted by Crippen LogP contribution is 2.38. The summed E-state index contributed by atoms with van der Waals surface area (Å²) in [5.74, 6) is -2.15. The van der Waals surface area contributed by atoms with Gasteiger partial charge in [-0.1, -0.05) is 0 Å². The first-order valence-electron chi connectivity index (χ1n) is 8.00. The highest BCUT2D eigenvalue weighted by molar-refractivity contribution is 6.30. The predicted octanol–water partition coefficient (Wildman–Crippen LogP) is 5.34. The van der Waals surface area contributed by atoms with Crippen LogP contribution in [-0.4, -0.2) is 11.8 Å². The van der Waals surface area contributed by atoms with Gasteiger partial charge >= 0.3 is 12.4 Å². The molecule has 29 heavy (non-hydrogen) atoms. The third kappa shape index (κ3) is 4.25. The lowest BCUT2D eigenvalue weighted by Crippen LogP contribution is -2.30. The molecule has 1 aliphatic heterocycles. The number of carbonyl (C=O) groups is 2. The average Bonchev–Trinajstić information content (AvgIpc) is 2.85. The topological polar surface area (TPSA) is 46.6 Å². The summed E-state index contributed by atoms with van der Waals surface area (Å²) >= 11 is 0. The van der Waals surface area contributed by atoms with Crippen molar-refractivity contribution in [1.29, 1.82) is 0 Å². The van der Waals surface area contributed by atoms with Gasteiger partial charge in [0.2, 0.25) is 0 Å². The van der Waals surface area contributed by atoms with Crippen LogP contribution in [0.1, 0.15) is 18.1 Å². The quantitative estimate of drug-likeness (QED) is 0.503. The largest absolute Gasteiger partial charge is 0.457 e. The van der Waals surface area contributed by atoms with Gasteiger partial charge < -0.3 is 4.74 Å². The molecule has 0 N–H and O–H groups in total. The van der Waals surface area contributed by atoms with Crippen LogP contribution in [0.3, 0.4) is 0 Å². The second-order valence-electron chi connectivity index (χ2n) is 6.14. The van der Waals surface area contributed by atoms with Crippen LogP contribution in [0, 0.1) is 0 Å². The lowest BCUT2D eigenvalue weighted by atomic mass is 10.1. The zero-order valence-electron chi connectivity index (χ0n) is 14.6. The number of anilines is 1. The molecule has 0 aliphatic carbocycles. The van der Waals surface area contributed by atoms with Crippen molar-refractivity contribution in [3.05, 3.63) is 65.2 Å². The van der Waals surface area contributed by atoms with Crippen molar-refractivity contribution in [2.45, 2.75) is 19.3 Å². The fourth-order valence-corrected chi connectivity index (χ4v) is 2.62. The molecule has 10 heteroatoms. The van der Waals surface area contributed by atoms with E-state index in [9.17, 15) is 35.9 Å². The summed E-state index contributed by atoms with van der Waals surface area (Å²) in [7, 11) is 0. The fourth-order valence-electron chi connectivity index (χ4n) is 2.62. The Morgan fingerprint density at radius 2 is 1.38 bits per heavy atom. The molecule has 0 spiro atoms. The molecule has 152 valence electrons. The number of benzene rings is 2. The SMILES string of the molecule is CC1=CC(=O)N(c2cc(Oc3ccc(C(F)(F)F)cc3)cc(C(F)(F)F)c2)C1=O. The van der Waals surface area contributed by atoms with E-state index in [2.05, 4.69) is 0 Å². The van der Waals surface area contributed by atoms with Crippen molar-refractivity contribution in [1.82, 2.24) is 0 Å². The van der Waals surface area contributed by atoms with Gasteiger partial charge in [0.15, 0.2) is 0 Å². The molecule has 2 aromatic rings. The van der Waals surface area contributed by atoms with E-state index < -0.39 is 41.0 Å². The predicted molar refractivity (Wildman–Crippen MR) is 89.2 cm³/mol. The lowest BCUT2D eigenvalue weighted by Gasteiger charge is -2.18. The second kappa shape index (κ2) is 6.94. The lowest BCUT2D eigenvalue weighted by molar-refractivity contribution is -0.138. The van der Waals surface area contributed by atoms with E-state index in [1.165, 1.54) is 6.92 Å². The minimum absolute atomic E-state index is 0.0534. The van der Waals surface area contributed by atoms with Gasteiger partial charge in [-0.3, -0.25) is 9.59 Å². The van der Waals surface area contributed by atoms with Gasteiger partial charge in [-0.2, -0.15) is 26.3 Å². The number of nitrogens with zero attached hydrogens (tertiary/aromatic N) is 1. The van der Waals surface area contributed by atoms with E-state index in [1.54, 1.807) is 0 Å². The number of amides is 2. The molecule has 0 atom stereocenters. The fraction of sp³-hybridized carbons (Fsp3) is 0.158. The van der Waals surface area contributed by atoms with E-state index in [-0.39, 0.29) is 17.0 Å². The molecule has 1 heterocycles. The van der Waals surface area contributed by atoms with Gasteiger partial charge in [0.05, 0.1) is 16.8 Å². The van der Waals surface area contributed by atoms with E-state index in [0.29, 0.717) is 29.2 Å². The van der Waals surface area contributed by atoms with Crippen LogP contribution in [0.5, 0.6) is 11.5 Å². The maximum atomic E-state index is 13.2.